The number of benzene rings is 1. The molecule has 2 aromatic heterocycles. The van der Waals surface area contributed by atoms with Crippen molar-refractivity contribution in [1.82, 2.24) is 25.3 Å². The molecule has 0 aliphatic carbocycles. The molecular formula is C29H39ClN6O5. The summed E-state index contributed by atoms with van der Waals surface area (Å²) in [5.74, 6) is 2.17. The van der Waals surface area contributed by atoms with Gasteiger partial charge in [0.25, 0.3) is 0 Å². The Morgan fingerprint density at radius 1 is 1.27 bits per heavy atom. The van der Waals surface area contributed by atoms with Crippen LogP contribution in [-0.4, -0.2) is 82.8 Å². The Morgan fingerprint density at radius 2 is 2.05 bits per heavy atom. The molecule has 0 saturated carbocycles. The number of nitrogens with zero attached hydrogens (tertiary/aromatic N) is 4. The number of halogens is 1. The minimum Gasteiger partial charge on any atom is -0.491 e. The van der Waals surface area contributed by atoms with Gasteiger partial charge in [0.05, 0.1) is 34.1 Å². The van der Waals surface area contributed by atoms with E-state index in [1.165, 1.54) is 0 Å². The van der Waals surface area contributed by atoms with E-state index < -0.39 is 6.10 Å². The van der Waals surface area contributed by atoms with Crippen molar-refractivity contribution in [3.63, 3.8) is 0 Å². The second kappa shape index (κ2) is 13.5. The SMILES string of the molecule is CNC[C@@H](O)COc1ccc(Cl)c(-c2nc(NC[C@H]3CCCN3C(=O)OC(C)C)c(C)c(-c3c(C)noc3C)n2)c1. The summed E-state index contributed by atoms with van der Waals surface area (Å²) in [6.07, 6.45) is 0.618. The predicted octanol–water partition coefficient (Wildman–Crippen LogP) is 4.76. The molecule has 41 heavy (non-hydrogen) atoms. The van der Waals surface area contributed by atoms with Crippen molar-refractivity contribution in [3.8, 4) is 28.4 Å². The van der Waals surface area contributed by atoms with Crippen molar-refractivity contribution in [2.75, 3.05) is 38.6 Å². The number of anilines is 1. The molecule has 0 spiro atoms. The minimum absolute atomic E-state index is 0.0362. The summed E-state index contributed by atoms with van der Waals surface area (Å²) in [6.45, 7) is 11.0. The molecule has 12 heteroatoms. The highest BCUT2D eigenvalue weighted by Crippen LogP contribution is 2.36. The van der Waals surface area contributed by atoms with Gasteiger partial charge in [0, 0.05) is 30.8 Å². The highest BCUT2D eigenvalue weighted by Gasteiger charge is 2.31. The van der Waals surface area contributed by atoms with Gasteiger partial charge < -0.3 is 34.6 Å². The molecule has 1 aliphatic rings. The summed E-state index contributed by atoms with van der Waals surface area (Å²) in [5, 5.41) is 21.0. The van der Waals surface area contributed by atoms with Crippen LogP contribution in [0.1, 0.15) is 43.7 Å². The fourth-order valence-corrected chi connectivity index (χ4v) is 5.10. The van der Waals surface area contributed by atoms with Crippen LogP contribution in [0.4, 0.5) is 10.6 Å². The lowest BCUT2D eigenvalue weighted by atomic mass is 10.0. The molecule has 0 radical (unpaired) electrons. The topological polar surface area (TPSA) is 135 Å². The van der Waals surface area contributed by atoms with Crippen LogP contribution in [0.25, 0.3) is 22.6 Å². The lowest BCUT2D eigenvalue weighted by molar-refractivity contribution is 0.0746. The number of hydrogen-bond acceptors (Lipinski definition) is 10. The van der Waals surface area contributed by atoms with E-state index >= 15 is 0 Å². The third-order valence-electron chi connectivity index (χ3n) is 6.93. The van der Waals surface area contributed by atoms with E-state index in [4.69, 9.17) is 35.6 Å². The van der Waals surface area contributed by atoms with Gasteiger partial charge in [-0.3, -0.25) is 0 Å². The van der Waals surface area contributed by atoms with Crippen molar-refractivity contribution in [1.29, 1.82) is 0 Å². The number of carbonyl (C=O) groups excluding carboxylic acids is 1. The zero-order valence-electron chi connectivity index (χ0n) is 24.5. The smallest absolute Gasteiger partial charge is 0.410 e. The molecule has 222 valence electrons. The molecule has 1 aromatic carbocycles. The number of aliphatic hydroxyl groups is 1. The van der Waals surface area contributed by atoms with Gasteiger partial charge in [-0.15, -0.1) is 0 Å². The molecule has 3 N–H and O–H groups in total. The standard InChI is InChI=1S/C29H39ClN6O5/c1-16(2)40-29(38)36-11-7-8-20(36)13-32-27-17(3)26(25-18(4)35-41-19(25)5)33-28(34-27)23-12-22(9-10-24(23)30)39-15-21(37)14-31-6/h9-10,12,16,20-21,31,37H,7-8,11,13-15H2,1-6H3,(H,32,33,34)/t20-,21-/m1/s1. The number of rotatable bonds is 11. The fraction of sp³-hybridized carbons (Fsp3) is 0.517. The number of nitrogens with one attached hydrogen (secondary N) is 2. The summed E-state index contributed by atoms with van der Waals surface area (Å²) >= 11 is 6.65. The second-order valence-corrected chi connectivity index (χ2v) is 10.9. The van der Waals surface area contributed by atoms with Crippen molar-refractivity contribution < 1.29 is 23.9 Å². The molecule has 1 fully saturated rings. The van der Waals surface area contributed by atoms with Crippen LogP contribution in [0.15, 0.2) is 22.7 Å². The zero-order chi connectivity index (χ0) is 29.7. The van der Waals surface area contributed by atoms with E-state index in [9.17, 15) is 9.90 Å². The molecule has 1 amide bonds. The number of aliphatic hydroxyl groups excluding tert-OH is 1. The number of aromatic nitrogens is 3. The van der Waals surface area contributed by atoms with Crippen LogP contribution in [-0.2, 0) is 4.74 Å². The van der Waals surface area contributed by atoms with Crippen LogP contribution >= 0.6 is 11.6 Å². The molecule has 3 heterocycles. The maximum Gasteiger partial charge on any atom is 0.410 e. The third kappa shape index (κ3) is 7.27. The molecule has 11 nitrogen and oxygen atoms in total. The molecule has 0 bridgehead atoms. The van der Waals surface area contributed by atoms with Crippen molar-refractivity contribution in [3.05, 3.63) is 40.2 Å². The largest absolute Gasteiger partial charge is 0.491 e. The Labute approximate surface area is 245 Å². The van der Waals surface area contributed by atoms with Crippen LogP contribution in [0.5, 0.6) is 5.75 Å². The summed E-state index contributed by atoms with van der Waals surface area (Å²) in [5.41, 5.74) is 3.56. The summed E-state index contributed by atoms with van der Waals surface area (Å²) in [6, 6.07) is 5.19. The Balaban J connectivity index is 1.69. The molecule has 4 rings (SSSR count). The Hall–Kier alpha value is -3.41. The first-order valence-electron chi connectivity index (χ1n) is 13.9. The third-order valence-corrected chi connectivity index (χ3v) is 7.26. The first-order valence-corrected chi connectivity index (χ1v) is 14.2. The Bertz CT molecular complexity index is 1340. The van der Waals surface area contributed by atoms with E-state index in [1.54, 1.807) is 30.1 Å². The number of likely N-dealkylation sites (N-methyl/N-ethyl adjacent to an activating group) is 1. The highest BCUT2D eigenvalue weighted by molar-refractivity contribution is 6.33. The second-order valence-electron chi connectivity index (χ2n) is 10.5. The van der Waals surface area contributed by atoms with Crippen LogP contribution in [0, 0.1) is 20.8 Å². The van der Waals surface area contributed by atoms with Gasteiger partial charge >= 0.3 is 6.09 Å². The summed E-state index contributed by atoms with van der Waals surface area (Å²) in [7, 11) is 1.77. The van der Waals surface area contributed by atoms with Gasteiger partial charge in [-0.1, -0.05) is 16.8 Å². The van der Waals surface area contributed by atoms with Crippen LogP contribution in [0.3, 0.4) is 0 Å². The first kappa shape index (κ1) is 30.5. The predicted molar refractivity (Wildman–Crippen MR) is 157 cm³/mol. The minimum atomic E-state index is -0.662. The van der Waals surface area contributed by atoms with E-state index in [-0.39, 0.29) is 24.8 Å². The Morgan fingerprint density at radius 3 is 2.73 bits per heavy atom. The quantitative estimate of drug-likeness (QED) is 0.289. The average Bonchev–Trinajstić information content (AvgIpc) is 3.53. The molecule has 0 unspecified atom stereocenters. The number of aryl methyl sites for hydroxylation is 2. The van der Waals surface area contributed by atoms with Gasteiger partial charge in [-0.2, -0.15) is 0 Å². The summed E-state index contributed by atoms with van der Waals surface area (Å²) in [4.78, 5) is 24.2. The maximum absolute atomic E-state index is 12.7. The van der Waals surface area contributed by atoms with Crippen LogP contribution in [0.2, 0.25) is 5.02 Å². The van der Waals surface area contributed by atoms with Crippen LogP contribution < -0.4 is 15.4 Å². The average molecular weight is 587 g/mol. The van der Waals surface area contributed by atoms with E-state index in [0.717, 1.165) is 24.0 Å². The van der Waals surface area contributed by atoms with Gasteiger partial charge in [-0.25, -0.2) is 14.8 Å². The van der Waals surface area contributed by atoms with E-state index in [0.29, 0.717) is 64.8 Å². The fourth-order valence-electron chi connectivity index (χ4n) is 4.90. The van der Waals surface area contributed by atoms with Gasteiger partial charge in [0.1, 0.15) is 30.0 Å². The maximum atomic E-state index is 12.7. The van der Waals surface area contributed by atoms with Gasteiger partial charge in [0.15, 0.2) is 5.82 Å². The van der Waals surface area contributed by atoms with Gasteiger partial charge in [-0.05, 0) is 72.7 Å². The molecule has 3 aromatic rings. The Kier molecular flexibility index (Phi) is 10.1. The number of amides is 1. The number of ether oxygens (including phenoxy) is 2. The zero-order valence-corrected chi connectivity index (χ0v) is 25.2. The monoisotopic (exact) mass is 586 g/mol. The highest BCUT2D eigenvalue weighted by atomic mass is 35.5. The van der Waals surface area contributed by atoms with Crippen molar-refractivity contribution in [2.24, 2.45) is 0 Å². The van der Waals surface area contributed by atoms with Gasteiger partial charge in [0.2, 0.25) is 0 Å². The first-order chi connectivity index (χ1) is 19.6. The summed E-state index contributed by atoms with van der Waals surface area (Å²) < 4.78 is 16.7. The van der Waals surface area contributed by atoms with Crippen molar-refractivity contribution in [2.45, 2.75) is 65.7 Å². The van der Waals surface area contributed by atoms with E-state index in [1.807, 2.05) is 34.6 Å². The van der Waals surface area contributed by atoms with Crippen molar-refractivity contribution >= 4 is 23.5 Å². The number of hydrogen-bond donors (Lipinski definition) is 3. The molecule has 1 aliphatic heterocycles. The normalized spacial score (nSPS) is 15.8. The molecular weight excluding hydrogens is 548 g/mol. The molecule has 1 saturated heterocycles. The number of likely N-dealkylation sites (tertiary alicyclic amines) is 1. The lowest BCUT2D eigenvalue weighted by Crippen LogP contribution is -2.40. The lowest BCUT2D eigenvalue weighted by Gasteiger charge is -2.26. The van der Waals surface area contributed by atoms with E-state index in [2.05, 4.69) is 15.8 Å². The molecule has 2 atom stereocenters. The number of carbonyl (C=O) groups is 1.